The Kier molecular flexibility index (Phi) is 6.05. The Balaban J connectivity index is 2.06. The minimum Gasteiger partial charge on any atom is -0.341 e. The molecule has 2 amide bonds. The van der Waals surface area contributed by atoms with Crippen molar-refractivity contribution in [3.63, 3.8) is 0 Å². The molecular formula is C18H25ClN2O2. The molecule has 1 atom stereocenters. The number of hydrogen-bond donors (Lipinski definition) is 1. The first-order valence-electron chi connectivity index (χ1n) is 8.27. The number of nitrogens with zero attached hydrogens (tertiary/aromatic N) is 1. The quantitative estimate of drug-likeness (QED) is 0.830. The van der Waals surface area contributed by atoms with Crippen LogP contribution in [0.15, 0.2) is 24.3 Å². The maximum Gasteiger partial charge on any atom is 0.251 e. The normalized spacial score (nSPS) is 15.3. The summed E-state index contributed by atoms with van der Waals surface area (Å²) in [5.41, 5.74) is 0.512. The highest BCUT2D eigenvalue weighted by molar-refractivity contribution is 6.30. The Morgan fingerprint density at radius 3 is 2.35 bits per heavy atom. The maximum absolute atomic E-state index is 12.8. The summed E-state index contributed by atoms with van der Waals surface area (Å²) in [5, 5.41) is 3.47. The number of halogens is 1. The van der Waals surface area contributed by atoms with Gasteiger partial charge < -0.3 is 10.2 Å². The predicted molar refractivity (Wildman–Crippen MR) is 92.5 cm³/mol. The molecule has 1 N–H and O–H groups in total. The third kappa shape index (κ3) is 4.96. The number of carbonyl (C=O) groups is 2. The molecule has 0 radical (unpaired) electrons. The average molecular weight is 337 g/mol. The first-order valence-corrected chi connectivity index (χ1v) is 8.65. The van der Waals surface area contributed by atoms with Crippen LogP contribution < -0.4 is 5.32 Å². The highest BCUT2D eigenvalue weighted by atomic mass is 35.5. The van der Waals surface area contributed by atoms with E-state index in [4.69, 9.17) is 11.6 Å². The highest BCUT2D eigenvalue weighted by Crippen LogP contribution is 2.30. The fourth-order valence-corrected chi connectivity index (χ4v) is 2.65. The van der Waals surface area contributed by atoms with Gasteiger partial charge in [0.05, 0.1) is 0 Å². The molecule has 0 heterocycles. The zero-order chi connectivity index (χ0) is 17.0. The Bertz CT molecular complexity index is 553. The van der Waals surface area contributed by atoms with Crippen LogP contribution in [0.1, 0.15) is 44.0 Å². The van der Waals surface area contributed by atoms with Gasteiger partial charge in [0.15, 0.2) is 0 Å². The first kappa shape index (κ1) is 17.8. The van der Waals surface area contributed by atoms with Crippen molar-refractivity contribution in [2.75, 3.05) is 13.1 Å². The molecule has 1 aliphatic carbocycles. The topological polar surface area (TPSA) is 49.4 Å². The zero-order valence-electron chi connectivity index (χ0n) is 14.0. The number of rotatable bonds is 7. The molecular weight excluding hydrogens is 312 g/mol. The fourth-order valence-electron chi connectivity index (χ4n) is 2.52. The van der Waals surface area contributed by atoms with Crippen molar-refractivity contribution < 1.29 is 9.59 Å². The van der Waals surface area contributed by atoms with Gasteiger partial charge in [-0.2, -0.15) is 0 Å². The maximum atomic E-state index is 12.8. The molecule has 1 saturated carbocycles. The van der Waals surface area contributed by atoms with Crippen molar-refractivity contribution >= 4 is 23.4 Å². The molecule has 0 spiro atoms. The van der Waals surface area contributed by atoms with Gasteiger partial charge in [-0.25, -0.2) is 0 Å². The van der Waals surface area contributed by atoms with E-state index < -0.39 is 6.04 Å². The van der Waals surface area contributed by atoms with E-state index in [1.54, 1.807) is 24.3 Å². The van der Waals surface area contributed by atoms with Crippen molar-refractivity contribution in [3.8, 4) is 0 Å². The molecule has 23 heavy (non-hydrogen) atoms. The number of benzene rings is 1. The summed E-state index contributed by atoms with van der Waals surface area (Å²) in [6.07, 6.45) is 2.40. The Morgan fingerprint density at radius 2 is 1.87 bits per heavy atom. The van der Waals surface area contributed by atoms with Crippen molar-refractivity contribution in [2.45, 2.75) is 39.7 Å². The molecule has 0 bridgehead atoms. The summed E-state index contributed by atoms with van der Waals surface area (Å²) in [6, 6.07) is 6.18. The van der Waals surface area contributed by atoms with Crippen LogP contribution in [-0.4, -0.2) is 35.8 Å². The lowest BCUT2D eigenvalue weighted by Gasteiger charge is -2.29. The summed E-state index contributed by atoms with van der Waals surface area (Å²) < 4.78 is 0. The lowest BCUT2D eigenvalue weighted by atomic mass is 10.0. The van der Waals surface area contributed by atoms with Gasteiger partial charge in [-0.05, 0) is 55.9 Å². The molecule has 4 nitrogen and oxygen atoms in total. The number of likely N-dealkylation sites (N-methyl/N-ethyl adjacent to an activating group) is 1. The van der Waals surface area contributed by atoms with Gasteiger partial charge in [0.2, 0.25) is 5.91 Å². The van der Waals surface area contributed by atoms with E-state index in [9.17, 15) is 9.59 Å². The lowest BCUT2D eigenvalue weighted by Crippen LogP contribution is -2.51. The smallest absolute Gasteiger partial charge is 0.251 e. The SMILES string of the molecule is CCN(CC1CC1)C(=O)C(NC(=O)c1ccc(Cl)cc1)C(C)C. The second-order valence-electron chi connectivity index (χ2n) is 6.52. The summed E-state index contributed by atoms with van der Waals surface area (Å²) in [4.78, 5) is 27.1. The van der Waals surface area contributed by atoms with Crippen LogP contribution in [0.25, 0.3) is 0 Å². The van der Waals surface area contributed by atoms with Crippen LogP contribution in [-0.2, 0) is 4.79 Å². The van der Waals surface area contributed by atoms with Crippen molar-refractivity contribution in [1.82, 2.24) is 10.2 Å². The Morgan fingerprint density at radius 1 is 1.26 bits per heavy atom. The van der Waals surface area contributed by atoms with E-state index in [1.807, 2.05) is 25.7 Å². The number of amides is 2. The van der Waals surface area contributed by atoms with Crippen LogP contribution >= 0.6 is 11.6 Å². The van der Waals surface area contributed by atoms with Gasteiger partial charge >= 0.3 is 0 Å². The van der Waals surface area contributed by atoms with Gasteiger partial charge in [-0.1, -0.05) is 25.4 Å². The van der Waals surface area contributed by atoms with Gasteiger partial charge in [0, 0.05) is 23.7 Å². The van der Waals surface area contributed by atoms with Crippen LogP contribution in [0.5, 0.6) is 0 Å². The third-order valence-electron chi connectivity index (χ3n) is 4.19. The Labute approximate surface area is 143 Å². The number of hydrogen-bond acceptors (Lipinski definition) is 2. The molecule has 0 saturated heterocycles. The second-order valence-corrected chi connectivity index (χ2v) is 6.96. The molecule has 0 aliphatic heterocycles. The molecule has 2 rings (SSSR count). The van der Waals surface area contributed by atoms with Crippen LogP contribution in [0.3, 0.4) is 0 Å². The average Bonchev–Trinajstić information content (AvgIpc) is 3.33. The summed E-state index contributed by atoms with van der Waals surface area (Å²) in [7, 11) is 0. The van der Waals surface area contributed by atoms with Crippen LogP contribution in [0.2, 0.25) is 5.02 Å². The van der Waals surface area contributed by atoms with E-state index in [2.05, 4.69) is 5.32 Å². The zero-order valence-corrected chi connectivity index (χ0v) is 14.8. The molecule has 126 valence electrons. The van der Waals surface area contributed by atoms with Gasteiger partial charge in [0.25, 0.3) is 5.91 Å². The summed E-state index contributed by atoms with van der Waals surface area (Å²) in [5.74, 6) is 0.443. The number of nitrogens with one attached hydrogen (secondary N) is 1. The molecule has 5 heteroatoms. The highest BCUT2D eigenvalue weighted by Gasteiger charge is 2.32. The van der Waals surface area contributed by atoms with Crippen molar-refractivity contribution in [1.29, 1.82) is 0 Å². The van der Waals surface area contributed by atoms with Gasteiger partial charge in [-0.3, -0.25) is 9.59 Å². The van der Waals surface area contributed by atoms with Crippen molar-refractivity contribution in [2.24, 2.45) is 11.8 Å². The predicted octanol–water partition coefficient (Wildman–Crippen LogP) is 3.35. The van der Waals surface area contributed by atoms with E-state index in [0.29, 0.717) is 23.0 Å². The molecule has 1 aromatic rings. The third-order valence-corrected chi connectivity index (χ3v) is 4.45. The molecule has 1 fully saturated rings. The van der Waals surface area contributed by atoms with E-state index in [1.165, 1.54) is 12.8 Å². The molecule has 1 unspecified atom stereocenters. The van der Waals surface area contributed by atoms with Crippen molar-refractivity contribution in [3.05, 3.63) is 34.9 Å². The van der Waals surface area contributed by atoms with E-state index >= 15 is 0 Å². The van der Waals surface area contributed by atoms with Crippen LogP contribution in [0.4, 0.5) is 0 Å². The standard InChI is InChI=1S/C18H25ClN2O2/c1-4-21(11-13-5-6-13)18(23)16(12(2)3)20-17(22)14-7-9-15(19)10-8-14/h7-10,12-13,16H,4-6,11H2,1-3H3,(H,20,22). The van der Waals surface area contributed by atoms with E-state index in [-0.39, 0.29) is 17.7 Å². The summed E-state index contributed by atoms with van der Waals surface area (Å²) in [6.45, 7) is 7.37. The van der Waals surface area contributed by atoms with E-state index in [0.717, 1.165) is 6.54 Å². The fraction of sp³-hybridized carbons (Fsp3) is 0.556. The second kappa shape index (κ2) is 7.82. The molecule has 0 aromatic heterocycles. The molecule has 1 aliphatic rings. The minimum absolute atomic E-state index is 0.0108. The first-order chi connectivity index (χ1) is 10.9. The molecule has 1 aromatic carbocycles. The Hall–Kier alpha value is -1.55. The van der Waals surface area contributed by atoms with Gasteiger partial charge in [-0.15, -0.1) is 0 Å². The summed E-state index contributed by atoms with van der Waals surface area (Å²) >= 11 is 5.85. The largest absolute Gasteiger partial charge is 0.341 e. The lowest BCUT2D eigenvalue weighted by molar-refractivity contribution is -0.134. The monoisotopic (exact) mass is 336 g/mol. The van der Waals surface area contributed by atoms with Gasteiger partial charge in [0.1, 0.15) is 6.04 Å². The minimum atomic E-state index is -0.503. The number of carbonyl (C=O) groups excluding carboxylic acids is 2. The van der Waals surface area contributed by atoms with Crippen LogP contribution in [0, 0.1) is 11.8 Å².